The van der Waals surface area contributed by atoms with Gasteiger partial charge in [0, 0.05) is 24.5 Å². The average Bonchev–Trinajstić information content (AvgIpc) is 2.79. The van der Waals surface area contributed by atoms with E-state index in [2.05, 4.69) is 87.3 Å². The summed E-state index contributed by atoms with van der Waals surface area (Å²) in [6, 6.07) is 6.66. The van der Waals surface area contributed by atoms with Gasteiger partial charge in [-0.15, -0.1) is 0 Å². The van der Waals surface area contributed by atoms with Gasteiger partial charge in [0.2, 0.25) is 11.8 Å². The van der Waals surface area contributed by atoms with E-state index in [1.165, 1.54) is 0 Å². The molecule has 0 aromatic heterocycles. The van der Waals surface area contributed by atoms with Crippen LogP contribution in [0.3, 0.4) is 0 Å². The second-order valence-electron chi connectivity index (χ2n) is 11.4. The third kappa shape index (κ3) is 14.5. The Hall–Kier alpha value is -2.46. The van der Waals surface area contributed by atoms with E-state index in [1.807, 2.05) is 24.3 Å². The van der Waals surface area contributed by atoms with Gasteiger partial charge in [0.1, 0.15) is 12.1 Å². The molecule has 10 heteroatoms. The number of hydrogen-bond donors (Lipinski definition) is 6. The fourth-order valence-electron chi connectivity index (χ4n) is 3.59. The standard InChI is InChI=1S/C28H48N6O2S2/c1-17(2)12-23(25(35)29-15-19(5)6)33-27(37)31-21-10-9-11-22(14-21)32-28(38)34-24(13-18(3)4)26(36)30-16-20(7)8/h9-11,14,17-20,23-24H,12-13,15-16H2,1-8H3,(H,29,35)(H,30,36)(H2,31,33,37)(H2,32,34,38)/t23-,24-/m0/s1. The van der Waals surface area contributed by atoms with Crippen molar-refractivity contribution in [3.05, 3.63) is 24.3 Å². The molecule has 2 amide bonds. The summed E-state index contributed by atoms with van der Waals surface area (Å²) in [6.07, 6.45) is 1.32. The quantitative estimate of drug-likeness (QED) is 0.182. The molecule has 0 saturated carbocycles. The van der Waals surface area contributed by atoms with Crippen molar-refractivity contribution in [3.63, 3.8) is 0 Å². The smallest absolute Gasteiger partial charge is 0.242 e. The molecule has 1 aromatic carbocycles. The average molecular weight is 565 g/mol. The summed E-state index contributed by atoms with van der Waals surface area (Å²) in [5.41, 5.74) is 1.49. The normalized spacial score (nSPS) is 12.7. The third-order valence-corrected chi connectivity index (χ3v) is 5.85. The van der Waals surface area contributed by atoms with Gasteiger partial charge in [-0.05, 0) is 79.1 Å². The lowest BCUT2D eigenvalue weighted by Gasteiger charge is -2.23. The number of amides is 2. The van der Waals surface area contributed by atoms with E-state index in [-0.39, 0.29) is 11.8 Å². The summed E-state index contributed by atoms with van der Waals surface area (Å²) in [4.78, 5) is 25.4. The van der Waals surface area contributed by atoms with Crippen LogP contribution in [0.25, 0.3) is 0 Å². The minimum atomic E-state index is -0.424. The highest BCUT2D eigenvalue weighted by Crippen LogP contribution is 2.16. The summed E-state index contributed by atoms with van der Waals surface area (Å²) in [5, 5.41) is 19.4. The molecule has 0 heterocycles. The highest BCUT2D eigenvalue weighted by Gasteiger charge is 2.22. The zero-order valence-corrected chi connectivity index (χ0v) is 25.9. The zero-order chi connectivity index (χ0) is 28.8. The fourth-order valence-corrected chi connectivity index (χ4v) is 4.11. The Morgan fingerprint density at radius 1 is 0.658 bits per heavy atom. The fraction of sp³-hybridized carbons (Fsp3) is 0.643. The molecule has 1 aromatic rings. The first-order valence-electron chi connectivity index (χ1n) is 13.6. The number of nitrogens with one attached hydrogen (secondary N) is 6. The van der Waals surface area contributed by atoms with Gasteiger partial charge in [0.25, 0.3) is 0 Å². The molecule has 0 aliphatic heterocycles. The van der Waals surface area contributed by atoms with Crippen LogP contribution >= 0.6 is 24.4 Å². The Morgan fingerprint density at radius 3 is 1.34 bits per heavy atom. The van der Waals surface area contributed by atoms with Gasteiger partial charge in [-0.25, -0.2) is 0 Å². The maximum absolute atomic E-state index is 12.7. The largest absolute Gasteiger partial charge is 0.354 e. The van der Waals surface area contributed by atoms with E-state index in [0.717, 1.165) is 11.4 Å². The molecule has 2 atom stereocenters. The molecule has 8 nitrogen and oxygen atoms in total. The molecule has 0 aliphatic rings. The summed E-state index contributed by atoms with van der Waals surface area (Å²) in [7, 11) is 0. The number of carbonyl (C=O) groups is 2. The van der Waals surface area contributed by atoms with E-state index in [1.54, 1.807) is 0 Å². The Bertz CT molecular complexity index is 851. The summed E-state index contributed by atoms with van der Waals surface area (Å²) in [6.45, 7) is 17.8. The summed E-state index contributed by atoms with van der Waals surface area (Å²) in [5.74, 6) is 1.28. The van der Waals surface area contributed by atoms with Crippen molar-refractivity contribution in [2.24, 2.45) is 23.7 Å². The predicted molar refractivity (Wildman–Crippen MR) is 167 cm³/mol. The Morgan fingerprint density at radius 2 is 1.03 bits per heavy atom. The summed E-state index contributed by atoms with van der Waals surface area (Å²) >= 11 is 11.0. The summed E-state index contributed by atoms with van der Waals surface area (Å²) < 4.78 is 0. The molecule has 6 N–H and O–H groups in total. The van der Waals surface area contributed by atoms with E-state index in [4.69, 9.17) is 24.4 Å². The van der Waals surface area contributed by atoms with Gasteiger partial charge in [0.05, 0.1) is 0 Å². The number of rotatable bonds is 14. The molecular weight excluding hydrogens is 516 g/mol. The van der Waals surface area contributed by atoms with Crippen LogP contribution in [0.5, 0.6) is 0 Å². The first-order valence-corrected chi connectivity index (χ1v) is 14.4. The number of thiocarbonyl (C=S) groups is 2. The minimum Gasteiger partial charge on any atom is -0.354 e. The van der Waals surface area contributed by atoms with Crippen molar-refractivity contribution in [1.82, 2.24) is 21.3 Å². The van der Waals surface area contributed by atoms with Crippen molar-refractivity contribution in [2.45, 2.75) is 80.3 Å². The van der Waals surface area contributed by atoms with Gasteiger partial charge in [0.15, 0.2) is 10.2 Å². The Kier molecular flexibility index (Phi) is 15.2. The van der Waals surface area contributed by atoms with Crippen LogP contribution in [-0.4, -0.2) is 47.2 Å². The molecule has 1 rings (SSSR count). The van der Waals surface area contributed by atoms with Crippen molar-refractivity contribution in [1.29, 1.82) is 0 Å². The zero-order valence-electron chi connectivity index (χ0n) is 24.2. The molecule has 0 aliphatic carbocycles. The van der Waals surface area contributed by atoms with Crippen LogP contribution in [0.2, 0.25) is 0 Å². The molecule has 0 radical (unpaired) electrons. The van der Waals surface area contributed by atoms with Gasteiger partial charge < -0.3 is 31.9 Å². The molecule has 0 saturated heterocycles. The first kappa shape index (κ1) is 33.6. The second-order valence-corrected chi connectivity index (χ2v) is 12.2. The first-order chi connectivity index (χ1) is 17.8. The van der Waals surface area contributed by atoms with Crippen molar-refractivity contribution in [2.75, 3.05) is 23.7 Å². The van der Waals surface area contributed by atoms with Crippen LogP contribution in [0.1, 0.15) is 68.2 Å². The number of benzene rings is 1. The molecule has 0 bridgehead atoms. The number of anilines is 2. The highest BCUT2D eigenvalue weighted by atomic mass is 32.1. The lowest BCUT2D eigenvalue weighted by Crippen LogP contribution is -2.49. The monoisotopic (exact) mass is 564 g/mol. The highest BCUT2D eigenvalue weighted by molar-refractivity contribution is 7.80. The topological polar surface area (TPSA) is 106 Å². The van der Waals surface area contributed by atoms with Crippen LogP contribution < -0.4 is 31.9 Å². The molecule has 38 heavy (non-hydrogen) atoms. The molecule has 0 unspecified atom stereocenters. The SMILES string of the molecule is CC(C)CNC(=O)[C@H](CC(C)C)NC(=S)Nc1cccc(NC(=S)N[C@@H](CC(C)C)C(=O)NCC(C)C)c1. The lowest BCUT2D eigenvalue weighted by atomic mass is 10.0. The lowest BCUT2D eigenvalue weighted by molar-refractivity contribution is -0.124. The Labute approximate surface area is 240 Å². The number of hydrogen-bond acceptors (Lipinski definition) is 4. The third-order valence-electron chi connectivity index (χ3n) is 5.41. The van der Waals surface area contributed by atoms with Gasteiger partial charge in [-0.3, -0.25) is 9.59 Å². The minimum absolute atomic E-state index is 0.0585. The van der Waals surface area contributed by atoms with Crippen molar-refractivity contribution in [3.8, 4) is 0 Å². The number of carbonyl (C=O) groups excluding carboxylic acids is 2. The van der Waals surface area contributed by atoms with Crippen LogP contribution in [0.4, 0.5) is 11.4 Å². The van der Waals surface area contributed by atoms with E-state index in [0.29, 0.717) is 59.8 Å². The van der Waals surface area contributed by atoms with Gasteiger partial charge >= 0.3 is 0 Å². The molecular formula is C28H48N6O2S2. The van der Waals surface area contributed by atoms with E-state index >= 15 is 0 Å². The van der Waals surface area contributed by atoms with Crippen molar-refractivity contribution < 1.29 is 9.59 Å². The van der Waals surface area contributed by atoms with Crippen LogP contribution in [-0.2, 0) is 9.59 Å². The molecule has 214 valence electrons. The Balaban J connectivity index is 2.79. The van der Waals surface area contributed by atoms with E-state index < -0.39 is 12.1 Å². The van der Waals surface area contributed by atoms with Crippen LogP contribution in [0.15, 0.2) is 24.3 Å². The van der Waals surface area contributed by atoms with Gasteiger partial charge in [-0.2, -0.15) is 0 Å². The van der Waals surface area contributed by atoms with Gasteiger partial charge in [-0.1, -0.05) is 61.5 Å². The van der Waals surface area contributed by atoms with Crippen molar-refractivity contribution >= 4 is 57.8 Å². The van der Waals surface area contributed by atoms with E-state index in [9.17, 15) is 9.59 Å². The molecule has 0 fully saturated rings. The maximum Gasteiger partial charge on any atom is 0.242 e. The maximum atomic E-state index is 12.7. The second kappa shape index (κ2) is 17.2. The van der Waals surface area contributed by atoms with Crippen LogP contribution in [0, 0.1) is 23.7 Å². The predicted octanol–water partition coefficient (Wildman–Crippen LogP) is 4.63. The molecule has 0 spiro atoms.